The van der Waals surface area contributed by atoms with Gasteiger partial charge in [0.2, 0.25) is 0 Å². The summed E-state index contributed by atoms with van der Waals surface area (Å²) in [6.07, 6.45) is 3.98. The summed E-state index contributed by atoms with van der Waals surface area (Å²) in [6.45, 7) is 3.26. The maximum atomic E-state index is 13.5. The van der Waals surface area contributed by atoms with E-state index < -0.39 is 0 Å². The maximum absolute atomic E-state index is 13.5. The highest BCUT2D eigenvalue weighted by Crippen LogP contribution is 2.26. The van der Waals surface area contributed by atoms with Gasteiger partial charge < -0.3 is 19.6 Å². The van der Waals surface area contributed by atoms with Gasteiger partial charge in [0.25, 0.3) is 5.91 Å². The number of H-pyrrole nitrogens is 1. The van der Waals surface area contributed by atoms with E-state index in [1.165, 1.54) is 12.1 Å². The van der Waals surface area contributed by atoms with Crippen molar-refractivity contribution >= 4 is 27.9 Å². The summed E-state index contributed by atoms with van der Waals surface area (Å²) < 4.78 is 19.4. The molecule has 0 spiro atoms. The number of halogens is 1. The first-order chi connectivity index (χ1) is 15.6. The third kappa shape index (κ3) is 4.12. The standard InChI is InChI=1S/C25H27FN4O2/c1-2-30(25(31)24-28-21-11-10-17(26)13-22(21)29-24)19-8-5-7-18(14-19)27-15-20-12-16-6-3-4-9-23(16)32-20/h3-4,6,9-13,18-19,27H,2,5,7-8,14-15H2,1H3,(H,28,29)/t18-,19+/m1/s1. The van der Waals surface area contributed by atoms with E-state index in [1.54, 1.807) is 6.07 Å². The molecule has 2 N–H and O–H groups in total. The molecule has 32 heavy (non-hydrogen) atoms. The van der Waals surface area contributed by atoms with E-state index in [-0.39, 0.29) is 23.6 Å². The summed E-state index contributed by atoms with van der Waals surface area (Å²) in [6, 6.07) is 14.9. The van der Waals surface area contributed by atoms with Crippen molar-refractivity contribution in [3.63, 3.8) is 0 Å². The van der Waals surface area contributed by atoms with Gasteiger partial charge in [-0.15, -0.1) is 0 Å². The van der Waals surface area contributed by atoms with Crippen molar-refractivity contribution in [1.29, 1.82) is 0 Å². The average Bonchev–Trinajstić information content (AvgIpc) is 3.42. The van der Waals surface area contributed by atoms with Crippen LogP contribution in [0, 0.1) is 5.82 Å². The van der Waals surface area contributed by atoms with Crippen molar-refractivity contribution in [2.75, 3.05) is 6.54 Å². The number of para-hydroxylation sites is 1. The summed E-state index contributed by atoms with van der Waals surface area (Å²) in [5.74, 6) is 0.709. The summed E-state index contributed by atoms with van der Waals surface area (Å²) in [7, 11) is 0. The van der Waals surface area contributed by atoms with E-state index >= 15 is 0 Å². The molecule has 0 radical (unpaired) electrons. The molecule has 0 aliphatic heterocycles. The lowest BCUT2D eigenvalue weighted by Crippen LogP contribution is -2.47. The fraction of sp³-hybridized carbons (Fsp3) is 0.360. The number of aromatic amines is 1. The zero-order valence-corrected chi connectivity index (χ0v) is 18.1. The minimum Gasteiger partial charge on any atom is -0.460 e. The van der Waals surface area contributed by atoms with Crippen LogP contribution >= 0.6 is 0 Å². The normalized spacial score (nSPS) is 18.9. The molecule has 0 unspecified atom stereocenters. The van der Waals surface area contributed by atoms with Gasteiger partial charge in [0.1, 0.15) is 17.2 Å². The van der Waals surface area contributed by atoms with Crippen LogP contribution < -0.4 is 5.32 Å². The molecule has 2 atom stereocenters. The Labute approximate surface area is 185 Å². The van der Waals surface area contributed by atoms with Gasteiger partial charge in [0.05, 0.1) is 17.6 Å². The molecule has 4 aromatic rings. The lowest BCUT2D eigenvalue weighted by atomic mass is 9.89. The largest absolute Gasteiger partial charge is 0.460 e. The Balaban J connectivity index is 1.25. The van der Waals surface area contributed by atoms with Crippen LogP contribution in [0.5, 0.6) is 0 Å². The molecule has 6 nitrogen and oxygen atoms in total. The summed E-state index contributed by atoms with van der Waals surface area (Å²) in [5.41, 5.74) is 2.04. The molecule has 1 aliphatic carbocycles. The van der Waals surface area contributed by atoms with Crippen molar-refractivity contribution in [2.24, 2.45) is 0 Å². The second-order valence-corrected chi connectivity index (χ2v) is 8.49. The number of rotatable bonds is 6. The van der Waals surface area contributed by atoms with E-state index in [9.17, 15) is 9.18 Å². The molecule has 1 fully saturated rings. The second-order valence-electron chi connectivity index (χ2n) is 8.49. The molecule has 1 aliphatic rings. The van der Waals surface area contributed by atoms with Crippen LogP contribution in [0.25, 0.3) is 22.0 Å². The Kier molecular flexibility index (Phi) is 5.66. The van der Waals surface area contributed by atoms with Crippen LogP contribution in [-0.2, 0) is 6.54 Å². The van der Waals surface area contributed by atoms with Gasteiger partial charge >= 0.3 is 0 Å². The minimum atomic E-state index is -0.349. The highest BCUT2D eigenvalue weighted by Gasteiger charge is 2.30. The predicted octanol–water partition coefficient (Wildman–Crippen LogP) is 5.01. The van der Waals surface area contributed by atoms with Gasteiger partial charge in [0, 0.05) is 24.0 Å². The quantitative estimate of drug-likeness (QED) is 0.447. The van der Waals surface area contributed by atoms with Crippen LogP contribution in [0.15, 0.2) is 52.9 Å². The Hall–Kier alpha value is -3.19. The van der Waals surface area contributed by atoms with Crippen LogP contribution in [0.1, 0.15) is 49.0 Å². The molecule has 2 heterocycles. The summed E-state index contributed by atoms with van der Waals surface area (Å²) in [4.78, 5) is 22.5. The average molecular weight is 435 g/mol. The van der Waals surface area contributed by atoms with Crippen LogP contribution in [0.3, 0.4) is 0 Å². The molecule has 2 aromatic heterocycles. The monoisotopic (exact) mass is 434 g/mol. The number of hydrogen-bond acceptors (Lipinski definition) is 4. The zero-order valence-electron chi connectivity index (χ0n) is 18.1. The summed E-state index contributed by atoms with van der Waals surface area (Å²) in [5, 5.41) is 4.73. The van der Waals surface area contributed by atoms with E-state index in [0.717, 1.165) is 42.4 Å². The number of carbonyl (C=O) groups is 1. The number of benzene rings is 2. The molecular weight excluding hydrogens is 407 g/mol. The third-order valence-electron chi connectivity index (χ3n) is 6.38. The first-order valence-electron chi connectivity index (χ1n) is 11.3. The zero-order chi connectivity index (χ0) is 22.1. The van der Waals surface area contributed by atoms with Gasteiger partial charge in [-0.1, -0.05) is 18.2 Å². The smallest absolute Gasteiger partial charge is 0.289 e. The fourth-order valence-electron chi connectivity index (χ4n) is 4.79. The molecule has 0 bridgehead atoms. The van der Waals surface area contributed by atoms with Gasteiger partial charge in [-0.05, 0) is 62.9 Å². The van der Waals surface area contributed by atoms with E-state index in [2.05, 4.69) is 27.4 Å². The fourth-order valence-corrected chi connectivity index (χ4v) is 4.79. The minimum absolute atomic E-state index is 0.132. The van der Waals surface area contributed by atoms with E-state index in [0.29, 0.717) is 30.2 Å². The Morgan fingerprint density at radius 1 is 1.25 bits per heavy atom. The number of hydrogen-bond donors (Lipinski definition) is 2. The number of fused-ring (bicyclic) bond motifs is 2. The number of furan rings is 1. The number of aromatic nitrogens is 2. The number of amides is 1. The predicted molar refractivity (Wildman–Crippen MR) is 122 cm³/mol. The molecule has 0 saturated heterocycles. The van der Waals surface area contributed by atoms with Crippen molar-refractivity contribution in [1.82, 2.24) is 20.2 Å². The molecular formula is C25H27FN4O2. The Morgan fingerprint density at radius 3 is 2.97 bits per heavy atom. The number of carbonyl (C=O) groups excluding carboxylic acids is 1. The molecule has 1 amide bonds. The topological polar surface area (TPSA) is 74.2 Å². The molecule has 1 saturated carbocycles. The Bertz CT molecular complexity index is 1210. The van der Waals surface area contributed by atoms with Crippen molar-refractivity contribution < 1.29 is 13.6 Å². The van der Waals surface area contributed by atoms with Gasteiger partial charge in [-0.2, -0.15) is 0 Å². The first kappa shape index (κ1) is 20.7. The third-order valence-corrected chi connectivity index (χ3v) is 6.38. The maximum Gasteiger partial charge on any atom is 0.289 e. The SMILES string of the molecule is CCN(C(=O)c1nc2ccc(F)cc2[nH]1)[C@H]1CCC[C@@H](NCc2cc3ccccc3o2)C1. The molecule has 7 heteroatoms. The molecule has 5 rings (SSSR count). The molecule has 2 aromatic carbocycles. The van der Waals surface area contributed by atoms with Gasteiger partial charge in [-0.3, -0.25) is 4.79 Å². The number of nitrogens with one attached hydrogen (secondary N) is 2. The van der Waals surface area contributed by atoms with Gasteiger partial charge in [0.15, 0.2) is 5.82 Å². The van der Waals surface area contributed by atoms with Crippen molar-refractivity contribution in [3.05, 3.63) is 65.9 Å². The van der Waals surface area contributed by atoms with E-state index in [4.69, 9.17) is 4.42 Å². The lowest BCUT2D eigenvalue weighted by molar-refractivity contribution is 0.0616. The first-order valence-corrected chi connectivity index (χ1v) is 11.3. The van der Waals surface area contributed by atoms with Gasteiger partial charge in [-0.25, -0.2) is 9.37 Å². The van der Waals surface area contributed by atoms with Crippen molar-refractivity contribution in [3.8, 4) is 0 Å². The highest BCUT2D eigenvalue weighted by molar-refractivity contribution is 5.94. The Morgan fingerprint density at radius 2 is 2.12 bits per heavy atom. The number of nitrogens with zero attached hydrogens (tertiary/aromatic N) is 2. The summed E-state index contributed by atoms with van der Waals surface area (Å²) >= 11 is 0. The lowest BCUT2D eigenvalue weighted by Gasteiger charge is -2.37. The van der Waals surface area contributed by atoms with Crippen LogP contribution in [0.4, 0.5) is 4.39 Å². The van der Waals surface area contributed by atoms with E-state index in [1.807, 2.05) is 30.0 Å². The number of imidazole rings is 1. The van der Waals surface area contributed by atoms with Crippen molar-refractivity contribution in [2.45, 2.75) is 51.2 Å². The molecule has 166 valence electrons. The van der Waals surface area contributed by atoms with Crippen LogP contribution in [-0.4, -0.2) is 39.4 Å². The highest BCUT2D eigenvalue weighted by atomic mass is 19.1. The van der Waals surface area contributed by atoms with Crippen LogP contribution in [0.2, 0.25) is 0 Å². The second kappa shape index (κ2) is 8.74.